The summed E-state index contributed by atoms with van der Waals surface area (Å²) in [6, 6.07) is 4.15. The van der Waals surface area contributed by atoms with Crippen molar-refractivity contribution in [3.63, 3.8) is 0 Å². The fraction of sp³-hybridized carbons (Fsp3) is 0.231. The maximum absolute atomic E-state index is 13.2. The Bertz CT molecular complexity index is 630. The lowest BCUT2D eigenvalue weighted by Gasteiger charge is -1.99. The molecule has 94 valence electrons. The van der Waals surface area contributed by atoms with Gasteiger partial charge in [-0.05, 0) is 25.1 Å². The average molecular weight is 249 g/mol. The van der Waals surface area contributed by atoms with Crippen LogP contribution < -0.4 is 0 Å². The van der Waals surface area contributed by atoms with Gasteiger partial charge in [0.15, 0.2) is 0 Å². The summed E-state index contributed by atoms with van der Waals surface area (Å²) < 4.78 is 19.4. The molecule has 0 aliphatic carbocycles. The summed E-state index contributed by atoms with van der Waals surface area (Å²) in [6.07, 6.45) is 1.54. The van der Waals surface area contributed by atoms with Gasteiger partial charge >= 0.3 is 5.97 Å². The highest BCUT2D eigenvalue weighted by Gasteiger charge is 2.22. The molecule has 2 rings (SSSR count). The molecule has 5 heteroatoms. The van der Waals surface area contributed by atoms with Crippen molar-refractivity contribution in [1.29, 1.82) is 0 Å². The van der Waals surface area contributed by atoms with E-state index in [1.54, 1.807) is 16.8 Å². The zero-order chi connectivity index (χ0) is 13.3. The largest absolute Gasteiger partial charge is 0.463 e. The smallest absolute Gasteiger partial charge is 0.379 e. The van der Waals surface area contributed by atoms with Gasteiger partial charge in [-0.15, -0.1) is 0 Å². The van der Waals surface area contributed by atoms with E-state index in [-0.39, 0.29) is 5.56 Å². The van der Waals surface area contributed by atoms with Gasteiger partial charge in [-0.2, -0.15) is 0 Å². The minimum atomic E-state index is -0.950. The highest BCUT2D eigenvalue weighted by molar-refractivity contribution is 6.42. The van der Waals surface area contributed by atoms with Gasteiger partial charge in [-0.1, -0.05) is 0 Å². The SMILES string of the molecule is CCn1cc(C(=O)C(=O)OC)c2cc(F)ccc21. The number of ketones is 1. The molecular weight excluding hydrogens is 237 g/mol. The number of fused-ring (bicyclic) bond motifs is 1. The third-order valence-electron chi connectivity index (χ3n) is 2.80. The van der Waals surface area contributed by atoms with Crippen molar-refractivity contribution in [3.8, 4) is 0 Å². The van der Waals surface area contributed by atoms with Crippen molar-refractivity contribution in [3.05, 3.63) is 35.8 Å². The van der Waals surface area contributed by atoms with Gasteiger partial charge < -0.3 is 9.30 Å². The fourth-order valence-corrected chi connectivity index (χ4v) is 1.91. The number of carbonyl (C=O) groups is 2. The monoisotopic (exact) mass is 249 g/mol. The van der Waals surface area contributed by atoms with Gasteiger partial charge in [-0.25, -0.2) is 9.18 Å². The van der Waals surface area contributed by atoms with Crippen LogP contribution in [0.3, 0.4) is 0 Å². The van der Waals surface area contributed by atoms with E-state index < -0.39 is 17.6 Å². The second kappa shape index (κ2) is 4.60. The van der Waals surface area contributed by atoms with Crippen molar-refractivity contribution in [1.82, 2.24) is 4.57 Å². The Morgan fingerprint density at radius 2 is 2.11 bits per heavy atom. The lowest BCUT2D eigenvalue weighted by molar-refractivity contribution is -0.135. The highest BCUT2D eigenvalue weighted by Crippen LogP contribution is 2.23. The number of halogens is 1. The van der Waals surface area contributed by atoms with Crippen LogP contribution in [0.2, 0.25) is 0 Å². The van der Waals surface area contributed by atoms with Gasteiger partial charge in [-0.3, -0.25) is 4.79 Å². The van der Waals surface area contributed by atoms with Gasteiger partial charge in [0.05, 0.1) is 12.7 Å². The molecule has 2 aromatic rings. The Labute approximate surface area is 103 Å². The first-order chi connectivity index (χ1) is 8.58. The number of methoxy groups -OCH3 is 1. The molecule has 0 N–H and O–H groups in total. The molecule has 1 heterocycles. The number of aromatic nitrogens is 1. The van der Waals surface area contributed by atoms with Crippen molar-refractivity contribution in [2.75, 3.05) is 7.11 Å². The lowest BCUT2D eigenvalue weighted by atomic mass is 10.1. The minimum Gasteiger partial charge on any atom is -0.463 e. The van der Waals surface area contributed by atoms with Crippen LogP contribution >= 0.6 is 0 Å². The van der Waals surface area contributed by atoms with Crippen molar-refractivity contribution in [2.45, 2.75) is 13.5 Å². The quantitative estimate of drug-likeness (QED) is 0.476. The van der Waals surface area contributed by atoms with Crippen LogP contribution in [0.4, 0.5) is 4.39 Å². The summed E-state index contributed by atoms with van der Waals surface area (Å²) in [5.41, 5.74) is 0.879. The van der Waals surface area contributed by atoms with Gasteiger partial charge in [0.2, 0.25) is 0 Å². The van der Waals surface area contributed by atoms with E-state index in [4.69, 9.17) is 0 Å². The van der Waals surface area contributed by atoms with Crippen LogP contribution in [-0.2, 0) is 16.1 Å². The number of Topliss-reactive ketones (excluding diaryl/α,β-unsaturated/α-hetero) is 1. The fourth-order valence-electron chi connectivity index (χ4n) is 1.91. The Morgan fingerprint density at radius 1 is 1.39 bits per heavy atom. The first kappa shape index (κ1) is 12.3. The normalized spacial score (nSPS) is 10.6. The summed E-state index contributed by atoms with van der Waals surface area (Å²) >= 11 is 0. The molecule has 0 aliphatic rings. The van der Waals surface area contributed by atoms with E-state index in [2.05, 4.69) is 4.74 Å². The maximum atomic E-state index is 13.2. The van der Waals surface area contributed by atoms with Gasteiger partial charge in [0, 0.05) is 23.6 Å². The molecule has 0 saturated carbocycles. The Hall–Kier alpha value is -2.17. The second-order valence-corrected chi connectivity index (χ2v) is 3.81. The predicted octanol–water partition coefficient (Wildman–Crippen LogP) is 2.16. The molecule has 0 unspecified atom stereocenters. The van der Waals surface area contributed by atoms with Crippen molar-refractivity contribution < 1.29 is 18.7 Å². The minimum absolute atomic E-state index is 0.165. The molecule has 0 amide bonds. The number of hydrogen-bond acceptors (Lipinski definition) is 3. The molecule has 18 heavy (non-hydrogen) atoms. The number of nitrogens with zero attached hydrogens (tertiary/aromatic N) is 1. The van der Waals surface area contributed by atoms with Crippen LogP contribution in [0.25, 0.3) is 10.9 Å². The maximum Gasteiger partial charge on any atom is 0.379 e. The zero-order valence-electron chi connectivity index (χ0n) is 10.1. The molecule has 1 aromatic carbocycles. The lowest BCUT2D eigenvalue weighted by Crippen LogP contribution is -2.15. The van der Waals surface area contributed by atoms with E-state index in [0.717, 1.165) is 7.11 Å². The van der Waals surface area contributed by atoms with Gasteiger partial charge in [0.25, 0.3) is 5.78 Å². The molecule has 4 nitrogen and oxygen atoms in total. The molecule has 0 fully saturated rings. The molecule has 0 radical (unpaired) electrons. The summed E-state index contributed by atoms with van der Waals surface area (Å²) in [6.45, 7) is 2.52. The standard InChI is InChI=1S/C13H12FNO3/c1-3-15-7-10(12(16)13(17)18-2)9-6-8(14)4-5-11(9)15/h4-7H,3H2,1-2H3. The first-order valence-electron chi connectivity index (χ1n) is 5.49. The van der Waals surface area contributed by atoms with Crippen LogP contribution in [0, 0.1) is 5.82 Å². The number of ether oxygens (including phenoxy) is 1. The van der Waals surface area contributed by atoms with Crippen LogP contribution in [0.15, 0.2) is 24.4 Å². The third kappa shape index (κ3) is 1.88. The topological polar surface area (TPSA) is 48.3 Å². The first-order valence-corrected chi connectivity index (χ1v) is 5.49. The molecule has 0 saturated heterocycles. The molecule has 0 atom stereocenters. The number of rotatable bonds is 3. The number of aryl methyl sites for hydroxylation is 1. The third-order valence-corrected chi connectivity index (χ3v) is 2.80. The zero-order valence-corrected chi connectivity index (χ0v) is 10.1. The van der Waals surface area contributed by atoms with Crippen molar-refractivity contribution in [2.24, 2.45) is 0 Å². The van der Waals surface area contributed by atoms with E-state index >= 15 is 0 Å². The number of esters is 1. The van der Waals surface area contributed by atoms with Gasteiger partial charge in [0.1, 0.15) is 5.82 Å². The summed E-state index contributed by atoms with van der Waals surface area (Å²) in [5, 5.41) is 0.423. The second-order valence-electron chi connectivity index (χ2n) is 3.81. The Kier molecular flexibility index (Phi) is 3.14. The number of benzene rings is 1. The average Bonchev–Trinajstić information content (AvgIpc) is 2.74. The number of carbonyl (C=O) groups excluding carboxylic acids is 2. The Balaban J connectivity index is 2.67. The molecule has 0 spiro atoms. The molecule has 0 bridgehead atoms. The molecular formula is C13H12FNO3. The summed E-state index contributed by atoms with van der Waals surface area (Å²) in [4.78, 5) is 23.1. The van der Waals surface area contributed by atoms with E-state index in [1.807, 2.05) is 6.92 Å². The Morgan fingerprint density at radius 3 is 2.72 bits per heavy atom. The predicted molar refractivity (Wildman–Crippen MR) is 63.9 cm³/mol. The van der Waals surface area contributed by atoms with E-state index in [1.165, 1.54) is 12.1 Å². The molecule has 0 aliphatic heterocycles. The number of hydrogen-bond donors (Lipinski definition) is 0. The van der Waals surface area contributed by atoms with E-state index in [0.29, 0.717) is 17.4 Å². The van der Waals surface area contributed by atoms with Crippen LogP contribution in [0.5, 0.6) is 0 Å². The van der Waals surface area contributed by atoms with Crippen LogP contribution in [-0.4, -0.2) is 23.4 Å². The highest BCUT2D eigenvalue weighted by atomic mass is 19.1. The van der Waals surface area contributed by atoms with E-state index in [9.17, 15) is 14.0 Å². The van der Waals surface area contributed by atoms with Crippen molar-refractivity contribution >= 4 is 22.7 Å². The summed E-state index contributed by atoms with van der Waals surface area (Å²) in [7, 11) is 1.14. The molecule has 1 aromatic heterocycles. The van der Waals surface area contributed by atoms with Crippen LogP contribution in [0.1, 0.15) is 17.3 Å². The summed E-state index contributed by atoms with van der Waals surface area (Å²) in [5.74, 6) is -2.16.